The fourth-order valence-electron chi connectivity index (χ4n) is 2.01. The number of carbonyl (C=O) groups excluding carboxylic acids is 1. The van der Waals surface area contributed by atoms with Gasteiger partial charge in [0.1, 0.15) is 0 Å². The zero-order chi connectivity index (χ0) is 13.8. The Bertz CT molecular complexity index is 572. The highest BCUT2D eigenvalue weighted by Crippen LogP contribution is 2.33. The first kappa shape index (κ1) is 13.8. The smallest absolute Gasteiger partial charge is 0.256 e. The molecule has 1 N–H and O–H groups in total. The lowest BCUT2D eigenvalue weighted by molar-refractivity contribution is 0.102. The van der Waals surface area contributed by atoms with E-state index in [1.54, 1.807) is 11.3 Å². The molecule has 2 rings (SSSR count). The second-order valence-electron chi connectivity index (χ2n) is 4.67. The molecular weight excluding hydrogens is 254 g/mol. The Kier molecular flexibility index (Phi) is 4.38. The van der Waals surface area contributed by atoms with Gasteiger partial charge in [0.25, 0.3) is 5.91 Å². The lowest BCUT2D eigenvalue weighted by Gasteiger charge is -2.03. The van der Waals surface area contributed by atoms with E-state index in [2.05, 4.69) is 26.1 Å². The Morgan fingerprint density at radius 1 is 1.16 bits per heavy atom. The summed E-state index contributed by atoms with van der Waals surface area (Å²) < 4.78 is 0. The molecule has 0 spiro atoms. The van der Waals surface area contributed by atoms with E-state index in [1.165, 1.54) is 16.0 Å². The first-order valence-corrected chi connectivity index (χ1v) is 7.40. The van der Waals surface area contributed by atoms with Crippen LogP contribution in [-0.2, 0) is 6.42 Å². The summed E-state index contributed by atoms with van der Waals surface area (Å²) in [4.78, 5) is 13.5. The Morgan fingerprint density at radius 3 is 2.47 bits per heavy atom. The minimum absolute atomic E-state index is 0.0343. The first-order valence-electron chi connectivity index (χ1n) is 6.58. The second-order valence-corrected chi connectivity index (χ2v) is 5.78. The molecule has 1 amide bonds. The number of carbonyl (C=O) groups is 1. The van der Waals surface area contributed by atoms with Crippen LogP contribution in [0.1, 0.15) is 39.7 Å². The van der Waals surface area contributed by atoms with Crippen LogP contribution in [0.5, 0.6) is 0 Å². The summed E-state index contributed by atoms with van der Waals surface area (Å²) in [6.45, 7) is 6.39. The Balaban J connectivity index is 2.20. The van der Waals surface area contributed by atoms with Gasteiger partial charge in [-0.1, -0.05) is 31.5 Å². The molecule has 0 bridgehead atoms. The summed E-state index contributed by atoms with van der Waals surface area (Å²) in [5.41, 5.74) is 3.21. The van der Waals surface area contributed by atoms with Crippen molar-refractivity contribution in [2.75, 3.05) is 5.32 Å². The van der Waals surface area contributed by atoms with E-state index in [-0.39, 0.29) is 5.91 Å². The average Bonchev–Trinajstić information content (AvgIpc) is 2.69. The van der Waals surface area contributed by atoms with Gasteiger partial charge in [-0.25, -0.2) is 0 Å². The SMILES string of the molecule is CCCc1sc(NC(=O)c2ccccc2)c(C)c1C. The van der Waals surface area contributed by atoms with Gasteiger partial charge in [0.05, 0.1) is 5.00 Å². The second kappa shape index (κ2) is 6.02. The number of thiophene rings is 1. The van der Waals surface area contributed by atoms with Crippen LogP contribution in [0, 0.1) is 13.8 Å². The summed E-state index contributed by atoms with van der Waals surface area (Å²) in [7, 11) is 0. The summed E-state index contributed by atoms with van der Waals surface area (Å²) in [6.07, 6.45) is 2.21. The van der Waals surface area contributed by atoms with Gasteiger partial charge in [0.2, 0.25) is 0 Å². The number of benzene rings is 1. The molecule has 0 aliphatic carbocycles. The third kappa shape index (κ3) is 3.04. The maximum absolute atomic E-state index is 12.1. The Morgan fingerprint density at radius 2 is 1.84 bits per heavy atom. The van der Waals surface area contributed by atoms with E-state index in [9.17, 15) is 4.79 Å². The van der Waals surface area contributed by atoms with E-state index in [0.717, 1.165) is 17.8 Å². The van der Waals surface area contributed by atoms with Crippen molar-refractivity contribution in [3.05, 3.63) is 51.9 Å². The van der Waals surface area contributed by atoms with Crippen LogP contribution in [0.15, 0.2) is 30.3 Å². The lowest BCUT2D eigenvalue weighted by Crippen LogP contribution is -2.11. The molecule has 1 heterocycles. The molecule has 0 unspecified atom stereocenters. The van der Waals surface area contributed by atoms with Gasteiger partial charge >= 0.3 is 0 Å². The molecule has 2 nitrogen and oxygen atoms in total. The van der Waals surface area contributed by atoms with Gasteiger partial charge in [-0.2, -0.15) is 0 Å². The maximum Gasteiger partial charge on any atom is 0.256 e. The summed E-state index contributed by atoms with van der Waals surface area (Å²) in [6, 6.07) is 9.33. The number of rotatable bonds is 4. The molecule has 3 heteroatoms. The van der Waals surface area contributed by atoms with Gasteiger partial charge in [-0.15, -0.1) is 11.3 Å². The largest absolute Gasteiger partial charge is 0.313 e. The molecular formula is C16H19NOS. The minimum Gasteiger partial charge on any atom is -0.313 e. The van der Waals surface area contributed by atoms with Crippen molar-refractivity contribution in [1.29, 1.82) is 0 Å². The summed E-state index contributed by atoms with van der Waals surface area (Å²) in [5, 5.41) is 4.01. The molecule has 100 valence electrons. The van der Waals surface area contributed by atoms with Crippen LogP contribution >= 0.6 is 11.3 Å². The normalized spacial score (nSPS) is 10.5. The molecule has 1 aromatic heterocycles. The molecule has 0 atom stereocenters. The third-order valence-electron chi connectivity index (χ3n) is 3.29. The van der Waals surface area contributed by atoms with Crippen LogP contribution < -0.4 is 5.32 Å². The van der Waals surface area contributed by atoms with E-state index >= 15 is 0 Å². The monoisotopic (exact) mass is 273 g/mol. The Labute approximate surface area is 118 Å². The quantitative estimate of drug-likeness (QED) is 0.868. The standard InChI is InChI=1S/C16H19NOS/c1-4-8-14-11(2)12(3)16(19-14)17-15(18)13-9-6-5-7-10-13/h5-7,9-10H,4,8H2,1-3H3,(H,17,18). The number of anilines is 1. The van der Waals surface area contributed by atoms with Crippen molar-refractivity contribution in [3.8, 4) is 0 Å². The van der Waals surface area contributed by atoms with Crippen molar-refractivity contribution in [3.63, 3.8) is 0 Å². The molecule has 0 aliphatic heterocycles. The highest BCUT2D eigenvalue weighted by Gasteiger charge is 2.13. The molecule has 0 saturated carbocycles. The predicted octanol–water partition coefficient (Wildman–Crippen LogP) is 4.57. The highest BCUT2D eigenvalue weighted by atomic mass is 32.1. The zero-order valence-electron chi connectivity index (χ0n) is 11.6. The van der Waals surface area contributed by atoms with Crippen LogP contribution in [0.25, 0.3) is 0 Å². The van der Waals surface area contributed by atoms with Crippen molar-refractivity contribution in [2.45, 2.75) is 33.6 Å². The lowest BCUT2D eigenvalue weighted by atomic mass is 10.1. The van der Waals surface area contributed by atoms with Gasteiger partial charge in [0.15, 0.2) is 0 Å². The topological polar surface area (TPSA) is 29.1 Å². The van der Waals surface area contributed by atoms with E-state index < -0.39 is 0 Å². The number of nitrogens with one attached hydrogen (secondary N) is 1. The van der Waals surface area contributed by atoms with Crippen LogP contribution in [-0.4, -0.2) is 5.91 Å². The van der Waals surface area contributed by atoms with Crippen molar-refractivity contribution < 1.29 is 4.79 Å². The predicted molar refractivity (Wildman–Crippen MR) is 82.2 cm³/mol. The van der Waals surface area contributed by atoms with Crippen LogP contribution in [0.4, 0.5) is 5.00 Å². The average molecular weight is 273 g/mol. The zero-order valence-corrected chi connectivity index (χ0v) is 12.4. The molecule has 0 aliphatic rings. The maximum atomic E-state index is 12.1. The van der Waals surface area contributed by atoms with Gasteiger partial charge in [-0.3, -0.25) is 4.79 Å². The molecule has 2 aromatic rings. The fourth-order valence-corrected chi connectivity index (χ4v) is 3.31. The van der Waals surface area contributed by atoms with E-state index in [4.69, 9.17) is 0 Å². The van der Waals surface area contributed by atoms with Crippen LogP contribution in [0.2, 0.25) is 0 Å². The van der Waals surface area contributed by atoms with Gasteiger partial charge in [0, 0.05) is 10.4 Å². The van der Waals surface area contributed by atoms with E-state index in [0.29, 0.717) is 5.56 Å². The molecule has 19 heavy (non-hydrogen) atoms. The van der Waals surface area contributed by atoms with Gasteiger partial charge in [-0.05, 0) is 43.5 Å². The van der Waals surface area contributed by atoms with Crippen molar-refractivity contribution in [1.82, 2.24) is 0 Å². The molecule has 0 radical (unpaired) electrons. The first-order chi connectivity index (χ1) is 9.13. The third-order valence-corrected chi connectivity index (χ3v) is 4.66. The molecule has 1 aromatic carbocycles. The summed E-state index contributed by atoms with van der Waals surface area (Å²) in [5.74, 6) is -0.0343. The number of amides is 1. The van der Waals surface area contributed by atoms with Gasteiger partial charge < -0.3 is 5.32 Å². The van der Waals surface area contributed by atoms with Crippen molar-refractivity contribution in [2.24, 2.45) is 0 Å². The number of hydrogen-bond acceptors (Lipinski definition) is 2. The molecule has 0 fully saturated rings. The fraction of sp³-hybridized carbons (Fsp3) is 0.312. The van der Waals surface area contributed by atoms with E-state index in [1.807, 2.05) is 30.3 Å². The highest BCUT2D eigenvalue weighted by molar-refractivity contribution is 7.16. The van der Waals surface area contributed by atoms with Crippen LogP contribution in [0.3, 0.4) is 0 Å². The molecule has 0 saturated heterocycles. The number of hydrogen-bond donors (Lipinski definition) is 1. The summed E-state index contributed by atoms with van der Waals surface area (Å²) >= 11 is 1.70. The number of aryl methyl sites for hydroxylation is 1. The van der Waals surface area contributed by atoms with Crippen molar-refractivity contribution >= 4 is 22.2 Å². The minimum atomic E-state index is -0.0343. The Hall–Kier alpha value is -1.61.